The molecule has 0 fully saturated rings. The van der Waals surface area contributed by atoms with Crippen molar-refractivity contribution in [1.29, 1.82) is 0 Å². The molecular weight excluding hydrogens is 594 g/mol. The van der Waals surface area contributed by atoms with Gasteiger partial charge in [-0.25, -0.2) is 8.42 Å². The third-order valence-corrected chi connectivity index (χ3v) is 9.48. The number of rotatable bonds is 13. The topological polar surface area (TPSA) is 86.8 Å². The number of halogens is 1. The fraction of sp³-hybridized carbons (Fsp3) is 0.257. The first-order valence-electron chi connectivity index (χ1n) is 14.6. The van der Waals surface area contributed by atoms with Crippen LogP contribution in [-0.4, -0.2) is 43.8 Å². The lowest BCUT2D eigenvalue weighted by Crippen LogP contribution is -2.54. The Bertz CT molecular complexity index is 1650. The lowest BCUT2D eigenvalue weighted by molar-refractivity contribution is -0.140. The number of carbonyl (C=O) groups excluding carboxylic acids is 2. The zero-order valence-corrected chi connectivity index (χ0v) is 26.8. The average Bonchev–Trinajstić information content (AvgIpc) is 3.02. The van der Waals surface area contributed by atoms with E-state index < -0.39 is 28.5 Å². The van der Waals surface area contributed by atoms with Gasteiger partial charge in [-0.1, -0.05) is 103 Å². The summed E-state index contributed by atoms with van der Waals surface area (Å²) in [6, 6.07) is 30.7. The monoisotopic (exact) mass is 631 g/mol. The Kier molecular flexibility index (Phi) is 11.2. The van der Waals surface area contributed by atoms with Crippen molar-refractivity contribution in [3.63, 3.8) is 0 Å². The van der Waals surface area contributed by atoms with Gasteiger partial charge in [0.15, 0.2) is 0 Å². The van der Waals surface area contributed by atoms with Gasteiger partial charge in [0, 0.05) is 24.0 Å². The summed E-state index contributed by atoms with van der Waals surface area (Å²) in [5.74, 6) is -0.826. The predicted molar refractivity (Wildman–Crippen MR) is 176 cm³/mol. The normalized spacial score (nSPS) is 12.6. The smallest absolute Gasteiger partial charge is 0.264 e. The molecule has 0 spiro atoms. The quantitative estimate of drug-likeness (QED) is 0.185. The van der Waals surface area contributed by atoms with Crippen LogP contribution in [0.4, 0.5) is 5.69 Å². The first kappa shape index (κ1) is 32.8. The van der Waals surface area contributed by atoms with Gasteiger partial charge in [0.25, 0.3) is 10.0 Å². The van der Waals surface area contributed by atoms with Crippen LogP contribution >= 0.6 is 11.6 Å². The molecule has 0 saturated heterocycles. The summed E-state index contributed by atoms with van der Waals surface area (Å²) in [5, 5.41) is 3.37. The maximum atomic E-state index is 14.4. The molecule has 9 heteroatoms. The highest BCUT2D eigenvalue weighted by atomic mass is 35.5. The molecule has 4 aromatic rings. The highest BCUT2D eigenvalue weighted by molar-refractivity contribution is 7.92. The summed E-state index contributed by atoms with van der Waals surface area (Å²) in [6.45, 7) is 5.33. The van der Waals surface area contributed by atoms with Crippen LogP contribution in [0.25, 0.3) is 0 Å². The third-order valence-electron chi connectivity index (χ3n) is 7.45. The third kappa shape index (κ3) is 8.49. The predicted octanol–water partition coefficient (Wildman–Crippen LogP) is 6.40. The lowest BCUT2D eigenvalue weighted by Gasteiger charge is -2.34. The molecule has 0 heterocycles. The summed E-state index contributed by atoms with van der Waals surface area (Å²) < 4.78 is 29.2. The molecule has 0 aliphatic heterocycles. The van der Waals surface area contributed by atoms with E-state index in [0.717, 1.165) is 21.0 Å². The van der Waals surface area contributed by atoms with Gasteiger partial charge in [-0.05, 0) is 61.7 Å². The highest BCUT2D eigenvalue weighted by Crippen LogP contribution is 2.27. The molecule has 4 aromatic carbocycles. The molecule has 0 aliphatic carbocycles. The molecule has 2 atom stereocenters. The van der Waals surface area contributed by atoms with Crippen LogP contribution in [0.1, 0.15) is 37.0 Å². The van der Waals surface area contributed by atoms with Gasteiger partial charge in [-0.2, -0.15) is 0 Å². The Morgan fingerprint density at radius 2 is 1.45 bits per heavy atom. The number of nitrogens with zero attached hydrogens (tertiary/aromatic N) is 2. The van der Waals surface area contributed by atoms with E-state index >= 15 is 0 Å². The summed E-state index contributed by atoms with van der Waals surface area (Å²) >= 11 is 6.29. The van der Waals surface area contributed by atoms with E-state index in [9.17, 15) is 18.0 Å². The van der Waals surface area contributed by atoms with Crippen molar-refractivity contribution in [1.82, 2.24) is 10.2 Å². The van der Waals surface area contributed by atoms with Gasteiger partial charge in [0.1, 0.15) is 12.6 Å². The van der Waals surface area contributed by atoms with Gasteiger partial charge >= 0.3 is 0 Å². The van der Waals surface area contributed by atoms with Gasteiger partial charge in [-0.15, -0.1) is 0 Å². The lowest BCUT2D eigenvalue weighted by atomic mass is 10.0. The molecule has 1 N–H and O–H groups in total. The van der Waals surface area contributed by atoms with E-state index in [0.29, 0.717) is 11.4 Å². The molecule has 0 radical (unpaired) electrons. The van der Waals surface area contributed by atoms with Crippen LogP contribution in [0, 0.1) is 6.92 Å². The largest absolute Gasteiger partial charge is 0.352 e. The van der Waals surface area contributed by atoms with Crippen LogP contribution in [0.2, 0.25) is 5.02 Å². The molecule has 4 rings (SSSR count). The minimum atomic E-state index is -4.19. The zero-order chi connectivity index (χ0) is 31.7. The second-order valence-electron chi connectivity index (χ2n) is 10.8. The van der Waals surface area contributed by atoms with Crippen LogP contribution in [0.15, 0.2) is 114 Å². The Hall–Kier alpha value is -4.14. The molecule has 230 valence electrons. The molecule has 0 aromatic heterocycles. The number of amides is 2. The van der Waals surface area contributed by atoms with Crippen molar-refractivity contribution in [3.05, 3.63) is 131 Å². The van der Waals surface area contributed by atoms with E-state index in [-0.39, 0.29) is 35.5 Å². The van der Waals surface area contributed by atoms with Crippen LogP contribution < -0.4 is 9.62 Å². The maximum absolute atomic E-state index is 14.4. The number of sulfonamides is 1. The summed E-state index contributed by atoms with van der Waals surface area (Å²) in [4.78, 5) is 29.8. The summed E-state index contributed by atoms with van der Waals surface area (Å²) in [7, 11) is -4.19. The van der Waals surface area contributed by atoms with E-state index in [1.807, 2.05) is 81.4 Å². The minimum absolute atomic E-state index is 0.0424. The molecule has 0 bridgehead atoms. The van der Waals surface area contributed by atoms with Crippen molar-refractivity contribution >= 4 is 39.1 Å². The molecule has 2 unspecified atom stereocenters. The minimum Gasteiger partial charge on any atom is -0.352 e. The van der Waals surface area contributed by atoms with Gasteiger partial charge < -0.3 is 10.2 Å². The van der Waals surface area contributed by atoms with Gasteiger partial charge in [-0.3, -0.25) is 13.9 Å². The number of carbonyl (C=O) groups is 2. The number of anilines is 1. The molecular formula is C35H38ClN3O4S. The SMILES string of the molecule is CCC(C)NC(=O)C(Cc1ccccc1)N(Cc1ccccc1)C(=O)CN(c1cccc(Cl)c1)S(=O)(=O)c1ccc(C)cc1. The van der Waals surface area contributed by atoms with E-state index in [2.05, 4.69) is 5.32 Å². The van der Waals surface area contributed by atoms with Crippen molar-refractivity contribution in [2.45, 2.75) is 57.1 Å². The highest BCUT2D eigenvalue weighted by Gasteiger charge is 2.35. The molecule has 0 saturated carbocycles. The van der Waals surface area contributed by atoms with Crippen molar-refractivity contribution < 1.29 is 18.0 Å². The number of benzene rings is 4. The summed E-state index contributed by atoms with van der Waals surface area (Å²) in [6.07, 6.45) is 0.970. The average molecular weight is 632 g/mol. The number of nitrogens with one attached hydrogen (secondary N) is 1. The van der Waals surface area contributed by atoms with Gasteiger partial charge in [0.05, 0.1) is 10.6 Å². The number of aryl methyl sites for hydroxylation is 1. The Balaban J connectivity index is 1.79. The number of hydrogen-bond acceptors (Lipinski definition) is 4. The van der Waals surface area contributed by atoms with Gasteiger partial charge in [0.2, 0.25) is 11.8 Å². The van der Waals surface area contributed by atoms with E-state index in [1.165, 1.54) is 23.1 Å². The van der Waals surface area contributed by atoms with Crippen LogP contribution in [0.3, 0.4) is 0 Å². The molecule has 2 amide bonds. The van der Waals surface area contributed by atoms with Crippen LogP contribution in [-0.2, 0) is 32.6 Å². The fourth-order valence-electron chi connectivity index (χ4n) is 4.77. The molecule has 0 aliphatic rings. The second-order valence-corrected chi connectivity index (χ2v) is 13.1. The van der Waals surface area contributed by atoms with E-state index in [1.54, 1.807) is 30.3 Å². The first-order chi connectivity index (χ1) is 21.1. The van der Waals surface area contributed by atoms with E-state index in [4.69, 9.17) is 11.6 Å². The second kappa shape index (κ2) is 15.0. The number of hydrogen-bond donors (Lipinski definition) is 1. The van der Waals surface area contributed by atoms with Crippen molar-refractivity contribution in [2.24, 2.45) is 0 Å². The summed E-state index contributed by atoms with van der Waals surface area (Å²) in [5.41, 5.74) is 2.83. The van der Waals surface area contributed by atoms with Crippen molar-refractivity contribution in [3.8, 4) is 0 Å². The zero-order valence-electron chi connectivity index (χ0n) is 25.2. The Morgan fingerprint density at radius 3 is 2.05 bits per heavy atom. The Labute approximate surface area is 265 Å². The molecule has 44 heavy (non-hydrogen) atoms. The standard InChI is InChI=1S/C35H38ClN3O4S/c1-4-27(3)37-35(41)33(22-28-12-7-5-8-13-28)38(24-29-14-9-6-10-15-29)34(40)25-39(31-17-11-16-30(36)23-31)44(42,43)32-20-18-26(2)19-21-32/h5-21,23,27,33H,4,22,24-25H2,1-3H3,(H,37,41). The van der Waals surface area contributed by atoms with Crippen molar-refractivity contribution in [2.75, 3.05) is 10.8 Å². The fourth-order valence-corrected chi connectivity index (χ4v) is 6.36. The first-order valence-corrected chi connectivity index (χ1v) is 16.4. The maximum Gasteiger partial charge on any atom is 0.264 e. The molecule has 7 nitrogen and oxygen atoms in total. The Morgan fingerprint density at radius 1 is 0.841 bits per heavy atom. The van der Waals surface area contributed by atoms with Crippen LogP contribution in [0.5, 0.6) is 0 Å².